The molecule has 0 saturated heterocycles. The Morgan fingerprint density at radius 3 is 2.62 bits per heavy atom. The molecule has 0 aromatic heterocycles. The van der Waals surface area contributed by atoms with E-state index >= 15 is 0 Å². The van der Waals surface area contributed by atoms with Gasteiger partial charge in [-0.25, -0.2) is 0 Å². The highest BCUT2D eigenvalue weighted by Crippen LogP contribution is 2.12. The van der Waals surface area contributed by atoms with Crippen molar-refractivity contribution in [2.24, 2.45) is 0 Å². The minimum Gasteiger partial charge on any atom is -0.379 e. The third kappa shape index (κ3) is 2.90. The zero-order chi connectivity index (χ0) is 9.52. The number of rotatable bonds is 3. The third-order valence-corrected chi connectivity index (χ3v) is 1.73. The van der Waals surface area contributed by atoms with Crippen molar-refractivity contribution in [3.05, 3.63) is 47.7 Å². The van der Waals surface area contributed by atoms with E-state index in [9.17, 15) is 0 Å². The average molecular weight is 174 g/mol. The number of benzene rings is 1. The SMILES string of the molecule is CC=C=C(COC)c1ccccc1. The molecule has 0 fully saturated rings. The molecular formula is C12H14O. The van der Waals surface area contributed by atoms with Gasteiger partial charge < -0.3 is 4.74 Å². The molecule has 0 aliphatic carbocycles. The predicted octanol–water partition coefficient (Wildman–Crippen LogP) is 2.89. The van der Waals surface area contributed by atoms with Gasteiger partial charge in [0.2, 0.25) is 0 Å². The van der Waals surface area contributed by atoms with E-state index in [1.807, 2.05) is 31.2 Å². The summed E-state index contributed by atoms with van der Waals surface area (Å²) in [6.45, 7) is 2.56. The van der Waals surface area contributed by atoms with E-state index in [0.717, 1.165) is 5.57 Å². The monoisotopic (exact) mass is 174 g/mol. The first-order valence-corrected chi connectivity index (χ1v) is 4.33. The van der Waals surface area contributed by atoms with E-state index in [1.54, 1.807) is 7.11 Å². The van der Waals surface area contributed by atoms with Gasteiger partial charge in [0.05, 0.1) is 6.61 Å². The van der Waals surface area contributed by atoms with Crippen LogP contribution >= 0.6 is 0 Å². The number of hydrogen-bond donors (Lipinski definition) is 0. The van der Waals surface area contributed by atoms with Gasteiger partial charge in [-0.05, 0) is 18.6 Å². The molecule has 0 heterocycles. The molecule has 0 aliphatic heterocycles. The van der Waals surface area contributed by atoms with Gasteiger partial charge >= 0.3 is 0 Å². The predicted molar refractivity (Wildman–Crippen MR) is 55.5 cm³/mol. The Labute approximate surface area is 79.4 Å². The molecule has 1 rings (SSSR count). The van der Waals surface area contributed by atoms with Crippen LogP contribution in [-0.4, -0.2) is 13.7 Å². The molecule has 0 radical (unpaired) electrons. The molecule has 1 aromatic carbocycles. The summed E-state index contributed by atoms with van der Waals surface area (Å²) in [6.07, 6.45) is 1.90. The molecule has 0 spiro atoms. The highest BCUT2D eigenvalue weighted by Gasteiger charge is 1.97. The van der Waals surface area contributed by atoms with E-state index in [0.29, 0.717) is 6.61 Å². The Morgan fingerprint density at radius 1 is 1.38 bits per heavy atom. The Balaban J connectivity index is 2.97. The van der Waals surface area contributed by atoms with Crippen LogP contribution in [0.3, 0.4) is 0 Å². The van der Waals surface area contributed by atoms with Gasteiger partial charge in [0.25, 0.3) is 0 Å². The Bertz CT molecular complexity index is 305. The quantitative estimate of drug-likeness (QED) is 0.640. The van der Waals surface area contributed by atoms with E-state index in [2.05, 4.69) is 17.9 Å². The average Bonchev–Trinajstić information content (AvgIpc) is 2.19. The van der Waals surface area contributed by atoms with Crippen molar-refractivity contribution in [1.82, 2.24) is 0 Å². The molecule has 0 unspecified atom stereocenters. The summed E-state index contributed by atoms with van der Waals surface area (Å²) in [5, 5.41) is 0. The first-order chi connectivity index (χ1) is 6.38. The maximum atomic E-state index is 5.09. The first kappa shape index (κ1) is 9.79. The van der Waals surface area contributed by atoms with Crippen LogP contribution in [0.2, 0.25) is 0 Å². The van der Waals surface area contributed by atoms with Crippen molar-refractivity contribution in [3.8, 4) is 0 Å². The molecule has 0 amide bonds. The molecule has 0 N–H and O–H groups in total. The summed E-state index contributed by atoms with van der Waals surface area (Å²) in [6, 6.07) is 10.2. The molecule has 0 bridgehead atoms. The summed E-state index contributed by atoms with van der Waals surface area (Å²) in [5.74, 6) is 0. The second-order valence-electron chi connectivity index (χ2n) is 2.71. The van der Waals surface area contributed by atoms with E-state index < -0.39 is 0 Å². The van der Waals surface area contributed by atoms with Crippen LogP contribution in [0.15, 0.2) is 42.1 Å². The summed E-state index contributed by atoms with van der Waals surface area (Å²) >= 11 is 0. The second kappa shape index (κ2) is 5.36. The lowest BCUT2D eigenvalue weighted by molar-refractivity contribution is 0.240. The van der Waals surface area contributed by atoms with Crippen molar-refractivity contribution in [1.29, 1.82) is 0 Å². The zero-order valence-electron chi connectivity index (χ0n) is 8.08. The maximum absolute atomic E-state index is 5.09. The zero-order valence-corrected chi connectivity index (χ0v) is 8.08. The minimum atomic E-state index is 0.606. The lowest BCUT2D eigenvalue weighted by Gasteiger charge is -2.02. The van der Waals surface area contributed by atoms with Crippen LogP contribution < -0.4 is 0 Å². The van der Waals surface area contributed by atoms with Crippen LogP contribution in [0.1, 0.15) is 12.5 Å². The Kier molecular flexibility index (Phi) is 4.04. The lowest BCUT2D eigenvalue weighted by Crippen LogP contribution is -1.92. The van der Waals surface area contributed by atoms with Crippen molar-refractivity contribution >= 4 is 5.57 Å². The van der Waals surface area contributed by atoms with Gasteiger partial charge in [-0.1, -0.05) is 30.3 Å². The lowest BCUT2D eigenvalue weighted by atomic mass is 10.1. The van der Waals surface area contributed by atoms with Crippen molar-refractivity contribution in [3.63, 3.8) is 0 Å². The molecule has 13 heavy (non-hydrogen) atoms. The molecule has 1 heteroatoms. The molecule has 0 saturated carbocycles. The molecule has 68 valence electrons. The van der Waals surface area contributed by atoms with Crippen LogP contribution in [-0.2, 0) is 4.74 Å². The fourth-order valence-corrected chi connectivity index (χ4v) is 1.17. The van der Waals surface area contributed by atoms with E-state index in [4.69, 9.17) is 4.74 Å². The van der Waals surface area contributed by atoms with Gasteiger partial charge in [-0.2, -0.15) is 0 Å². The van der Waals surface area contributed by atoms with Gasteiger partial charge in [0.15, 0.2) is 0 Å². The normalized spacial score (nSPS) is 9.08. The largest absolute Gasteiger partial charge is 0.379 e. The van der Waals surface area contributed by atoms with Gasteiger partial charge in [-0.3, -0.25) is 0 Å². The van der Waals surface area contributed by atoms with E-state index in [-0.39, 0.29) is 0 Å². The third-order valence-electron chi connectivity index (χ3n) is 1.73. The van der Waals surface area contributed by atoms with Gasteiger partial charge in [0, 0.05) is 12.7 Å². The van der Waals surface area contributed by atoms with Gasteiger partial charge in [0.1, 0.15) is 0 Å². The topological polar surface area (TPSA) is 9.23 Å². The maximum Gasteiger partial charge on any atom is 0.0790 e. The van der Waals surface area contributed by atoms with Crippen LogP contribution in [0.25, 0.3) is 5.57 Å². The number of hydrogen-bond acceptors (Lipinski definition) is 1. The fourth-order valence-electron chi connectivity index (χ4n) is 1.17. The highest BCUT2D eigenvalue weighted by molar-refractivity contribution is 5.65. The van der Waals surface area contributed by atoms with Crippen LogP contribution in [0.5, 0.6) is 0 Å². The van der Waals surface area contributed by atoms with Crippen LogP contribution in [0.4, 0.5) is 0 Å². The number of ether oxygens (including phenoxy) is 1. The summed E-state index contributed by atoms with van der Waals surface area (Å²) < 4.78 is 5.09. The number of methoxy groups -OCH3 is 1. The molecular weight excluding hydrogens is 160 g/mol. The molecule has 1 nitrogen and oxygen atoms in total. The minimum absolute atomic E-state index is 0.606. The Hall–Kier alpha value is -1.30. The first-order valence-electron chi connectivity index (χ1n) is 4.33. The summed E-state index contributed by atoms with van der Waals surface area (Å²) in [5.41, 5.74) is 5.42. The summed E-state index contributed by atoms with van der Waals surface area (Å²) in [4.78, 5) is 0. The smallest absolute Gasteiger partial charge is 0.0790 e. The highest BCUT2D eigenvalue weighted by atomic mass is 16.5. The molecule has 1 aromatic rings. The molecule has 0 aliphatic rings. The standard InChI is InChI=1S/C12H14O/c1-3-7-12(10-13-2)11-8-5-4-6-9-11/h3-6,8-9H,10H2,1-2H3. The van der Waals surface area contributed by atoms with E-state index in [1.165, 1.54) is 5.56 Å². The Morgan fingerprint density at radius 2 is 2.08 bits per heavy atom. The summed E-state index contributed by atoms with van der Waals surface area (Å²) in [7, 11) is 1.69. The van der Waals surface area contributed by atoms with Gasteiger partial charge in [-0.15, -0.1) is 5.73 Å². The van der Waals surface area contributed by atoms with Crippen molar-refractivity contribution in [2.45, 2.75) is 6.92 Å². The molecule has 0 atom stereocenters. The van der Waals surface area contributed by atoms with Crippen molar-refractivity contribution in [2.75, 3.05) is 13.7 Å². The second-order valence-corrected chi connectivity index (χ2v) is 2.71. The fraction of sp³-hybridized carbons (Fsp3) is 0.250. The van der Waals surface area contributed by atoms with Crippen LogP contribution in [0, 0.1) is 0 Å². The van der Waals surface area contributed by atoms with Crippen molar-refractivity contribution < 1.29 is 4.74 Å².